The van der Waals surface area contributed by atoms with Crippen LogP contribution in [0.5, 0.6) is 0 Å². The van der Waals surface area contributed by atoms with Crippen molar-refractivity contribution >= 4 is 5.91 Å². The molecule has 1 unspecified atom stereocenters. The van der Waals surface area contributed by atoms with E-state index in [0.717, 1.165) is 38.8 Å². The summed E-state index contributed by atoms with van der Waals surface area (Å²) in [6.07, 6.45) is 4.19. The van der Waals surface area contributed by atoms with Crippen molar-refractivity contribution in [2.75, 3.05) is 20.2 Å². The molecule has 3 N–H and O–H groups in total. The van der Waals surface area contributed by atoms with Crippen molar-refractivity contribution < 1.29 is 9.53 Å². The number of likely N-dealkylation sites (tertiary alicyclic amines) is 1. The number of hydrogen-bond acceptors (Lipinski definition) is 4. The van der Waals surface area contributed by atoms with E-state index >= 15 is 0 Å². The van der Waals surface area contributed by atoms with Gasteiger partial charge in [0.05, 0.1) is 12.1 Å². The molecule has 1 saturated heterocycles. The second-order valence-corrected chi connectivity index (χ2v) is 4.28. The third kappa shape index (κ3) is 3.43. The summed E-state index contributed by atoms with van der Waals surface area (Å²) >= 11 is 0. The van der Waals surface area contributed by atoms with Crippen LogP contribution in [0.1, 0.15) is 32.6 Å². The lowest BCUT2D eigenvalue weighted by Crippen LogP contribution is -2.52. The first-order chi connectivity index (χ1) is 7.72. The molecule has 1 atom stereocenters. The van der Waals surface area contributed by atoms with Gasteiger partial charge in [0.2, 0.25) is 0 Å². The Bertz CT molecular complexity index is 215. The fourth-order valence-corrected chi connectivity index (χ4v) is 2.27. The molecule has 0 aliphatic carbocycles. The highest BCUT2D eigenvalue weighted by atomic mass is 16.5. The van der Waals surface area contributed by atoms with Gasteiger partial charge in [-0.25, -0.2) is 5.84 Å². The fraction of sp³-hybridized carbons (Fsp3) is 0.909. The zero-order valence-corrected chi connectivity index (χ0v) is 10.2. The largest absolute Gasteiger partial charge is 0.381 e. The number of amides is 1. The van der Waals surface area contributed by atoms with Crippen LogP contribution in [0.4, 0.5) is 0 Å². The number of ether oxygens (including phenoxy) is 1. The minimum atomic E-state index is -0.0761. The Morgan fingerprint density at radius 3 is 2.62 bits per heavy atom. The Balaban J connectivity index is 2.49. The van der Waals surface area contributed by atoms with Gasteiger partial charge in [0.15, 0.2) is 0 Å². The summed E-state index contributed by atoms with van der Waals surface area (Å²) in [6, 6.07) is -0.0761. The summed E-state index contributed by atoms with van der Waals surface area (Å²) in [5.74, 6) is 5.14. The average Bonchev–Trinajstić information content (AvgIpc) is 2.35. The van der Waals surface area contributed by atoms with Crippen LogP contribution in [0.15, 0.2) is 0 Å². The molecule has 0 aromatic rings. The normalized spacial score (nSPS) is 20.7. The van der Waals surface area contributed by atoms with Gasteiger partial charge < -0.3 is 4.74 Å². The quantitative estimate of drug-likeness (QED) is 0.403. The molecule has 94 valence electrons. The van der Waals surface area contributed by atoms with Gasteiger partial charge in [-0.3, -0.25) is 15.1 Å². The van der Waals surface area contributed by atoms with E-state index in [4.69, 9.17) is 10.6 Å². The van der Waals surface area contributed by atoms with Gasteiger partial charge in [-0.15, -0.1) is 0 Å². The summed E-state index contributed by atoms with van der Waals surface area (Å²) < 4.78 is 5.31. The van der Waals surface area contributed by atoms with Crippen molar-refractivity contribution in [1.82, 2.24) is 10.3 Å². The van der Waals surface area contributed by atoms with E-state index in [0.29, 0.717) is 6.10 Å². The summed E-state index contributed by atoms with van der Waals surface area (Å²) in [6.45, 7) is 3.91. The molecular formula is C11H23N3O2. The zero-order chi connectivity index (χ0) is 12.0. The number of carbonyl (C=O) groups excluding carboxylic acids is 1. The average molecular weight is 229 g/mol. The Hall–Kier alpha value is -0.650. The lowest BCUT2D eigenvalue weighted by Gasteiger charge is -2.36. The fourth-order valence-electron chi connectivity index (χ4n) is 2.27. The number of hydrazine groups is 1. The number of nitrogens with one attached hydrogen (secondary N) is 1. The first-order valence-electron chi connectivity index (χ1n) is 6.00. The minimum absolute atomic E-state index is 0.0716. The lowest BCUT2D eigenvalue weighted by atomic mass is 10.0. The molecule has 0 bridgehead atoms. The van der Waals surface area contributed by atoms with E-state index in [-0.39, 0.29) is 11.9 Å². The highest BCUT2D eigenvalue weighted by Gasteiger charge is 2.28. The summed E-state index contributed by atoms with van der Waals surface area (Å²) in [7, 11) is 1.75. The highest BCUT2D eigenvalue weighted by molar-refractivity contribution is 5.81. The molecule has 0 radical (unpaired) electrons. The van der Waals surface area contributed by atoms with Crippen LogP contribution in [0.2, 0.25) is 0 Å². The first-order valence-corrected chi connectivity index (χ1v) is 6.00. The molecule has 0 saturated carbocycles. The van der Waals surface area contributed by atoms with Crippen LogP contribution in [0.3, 0.4) is 0 Å². The standard InChI is InChI=1S/C11H23N3O2/c1-3-4-10(11(15)13-12)14-7-5-9(16-2)6-8-14/h9-10H,3-8,12H2,1-2H3,(H,13,15). The molecule has 1 fully saturated rings. The van der Waals surface area contributed by atoms with Crippen LogP contribution < -0.4 is 11.3 Å². The van der Waals surface area contributed by atoms with Gasteiger partial charge in [-0.05, 0) is 19.3 Å². The maximum atomic E-state index is 11.6. The van der Waals surface area contributed by atoms with E-state index < -0.39 is 0 Å². The molecule has 16 heavy (non-hydrogen) atoms. The summed E-state index contributed by atoms with van der Waals surface area (Å²) in [5.41, 5.74) is 2.26. The van der Waals surface area contributed by atoms with Crippen LogP contribution in [0, 0.1) is 0 Å². The molecule has 1 heterocycles. The third-order valence-corrected chi connectivity index (χ3v) is 3.26. The number of rotatable bonds is 5. The van der Waals surface area contributed by atoms with E-state index in [1.807, 2.05) is 0 Å². The van der Waals surface area contributed by atoms with Gasteiger partial charge in [-0.1, -0.05) is 13.3 Å². The molecular weight excluding hydrogens is 206 g/mol. The Labute approximate surface area is 97.3 Å². The number of carbonyl (C=O) groups is 1. The van der Waals surface area contributed by atoms with Gasteiger partial charge in [0.1, 0.15) is 0 Å². The molecule has 1 rings (SSSR count). The van der Waals surface area contributed by atoms with Crippen molar-refractivity contribution in [3.8, 4) is 0 Å². The second kappa shape index (κ2) is 6.83. The minimum Gasteiger partial charge on any atom is -0.381 e. The third-order valence-electron chi connectivity index (χ3n) is 3.26. The SMILES string of the molecule is CCCC(C(=O)NN)N1CCC(OC)CC1. The number of nitrogens with zero attached hydrogens (tertiary/aromatic N) is 1. The van der Waals surface area contributed by atoms with E-state index in [1.165, 1.54) is 0 Å². The Morgan fingerprint density at radius 2 is 2.19 bits per heavy atom. The molecule has 5 heteroatoms. The maximum Gasteiger partial charge on any atom is 0.251 e. The van der Waals surface area contributed by atoms with Crippen molar-refractivity contribution in [2.45, 2.75) is 44.8 Å². The van der Waals surface area contributed by atoms with Crippen molar-refractivity contribution in [2.24, 2.45) is 5.84 Å². The molecule has 0 aromatic heterocycles. The molecule has 0 spiro atoms. The molecule has 5 nitrogen and oxygen atoms in total. The van der Waals surface area contributed by atoms with Crippen molar-refractivity contribution in [1.29, 1.82) is 0 Å². The van der Waals surface area contributed by atoms with Crippen molar-refractivity contribution in [3.05, 3.63) is 0 Å². The maximum absolute atomic E-state index is 11.6. The lowest BCUT2D eigenvalue weighted by molar-refractivity contribution is -0.127. The monoisotopic (exact) mass is 229 g/mol. The van der Waals surface area contributed by atoms with Crippen LogP contribution in [-0.4, -0.2) is 43.2 Å². The number of nitrogens with two attached hydrogens (primary N) is 1. The number of piperidine rings is 1. The molecule has 1 amide bonds. The van der Waals surface area contributed by atoms with Gasteiger partial charge in [0, 0.05) is 20.2 Å². The van der Waals surface area contributed by atoms with Gasteiger partial charge in [-0.2, -0.15) is 0 Å². The Kier molecular flexibility index (Phi) is 5.73. The topological polar surface area (TPSA) is 67.6 Å². The van der Waals surface area contributed by atoms with Crippen LogP contribution in [-0.2, 0) is 9.53 Å². The zero-order valence-electron chi connectivity index (χ0n) is 10.2. The van der Waals surface area contributed by atoms with Gasteiger partial charge in [0.25, 0.3) is 5.91 Å². The molecule has 1 aliphatic rings. The van der Waals surface area contributed by atoms with Crippen LogP contribution in [0.25, 0.3) is 0 Å². The second-order valence-electron chi connectivity index (χ2n) is 4.28. The predicted octanol–water partition coefficient (Wildman–Crippen LogP) is 0.256. The number of methoxy groups -OCH3 is 1. The first kappa shape index (κ1) is 13.4. The summed E-state index contributed by atoms with van der Waals surface area (Å²) in [5, 5.41) is 0. The predicted molar refractivity (Wildman–Crippen MR) is 62.6 cm³/mol. The van der Waals surface area contributed by atoms with Gasteiger partial charge >= 0.3 is 0 Å². The van der Waals surface area contributed by atoms with E-state index in [2.05, 4.69) is 17.2 Å². The Morgan fingerprint density at radius 1 is 1.56 bits per heavy atom. The molecule has 1 aliphatic heterocycles. The molecule has 0 aromatic carbocycles. The summed E-state index contributed by atoms with van der Waals surface area (Å²) in [4.78, 5) is 13.9. The van der Waals surface area contributed by atoms with Crippen molar-refractivity contribution in [3.63, 3.8) is 0 Å². The van der Waals surface area contributed by atoms with E-state index in [9.17, 15) is 4.79 Å². The highest BCUT2D eigenvalue weighted by Crippen LogP contribution is 2.17. The smallest absolute Gasteiger partial charge is 0.251 e. The van der Waals surface area contributed by atoms with E-state index in [1.54, 1.807) is 7.11 Å². The number of hydrogen-bond donors (Lipinski definition) is 2. The van der Waals surface area contributed by atoms with Crippen LogP contribution >= 0.6 is 0 Å².